The minimum Gasteiger partial charge on any atom is -0.315 e. The van der Waals surface area contributed by atoms with Gasteiger partial charge in [0.25, 0.3) is 0 Å². The lowest BCUT2D eigenvalue weighted by Gasteiger charge is -2.52. The SMILES string of the molecule is CC1CC=Cc2c1n(-c1ccccc1)c1c2=C(S(C2=CC=CCC2)(c2ccc(N(C3=CCCC=C3)C3=CC=CCC3)cc2)C2C=CC=CC2C)CCC=1. The van der Waals surface area contributed by atoms with Crippen LogP contribution in [0.1, 0.15) is 88.8 Å². The molecule has 53 heavy (non-hydrogen) atoms. The van der Waals surface area contributed by atoms with Gasteiger partial charge in [-0.15, -0.1) is 0 Å². The molecule has 2 nitrogen and oxygen atoms in total. The zero-order valence-electron chi connectivity index (χ0n) is 31.3. The second-order valence-corrected chi connectivity index (χ2v) is 18.7. The van der Waals surface area contributed by atoms with E-state index in [-0.39, 0.29) is 0 Å². The highest BCUT2D eigenvalue weighted by Crippen LogP contribution is 2.76. The average Bonchev–Trinajstić information content (AvgIpc) is 3.57. The first-order chi connectivity index (χ1) is 26.2. The molecule has 0 bridgehead atoms. The molecule has 0 fully saturated rings. The van der Waals surface area contributed by atoms with Gasteiger partial charge in [0, 0.05) is 50.4 Å². The molecule has 0 N–H and O–H groups in total. The summed E-state index contributed by atoms with van der Waals surface area (Å²) in [5.74, 6) is 0.864. The van der Waals surface area contributed by atoms with Crippen molar-refractivity contribution in [3.8, 4) is 5.69 Å². The second-order valence-electron chi connectivity index (χ2n) is 15.4. The Hall–Kier alpha value is -4.73. The molecule has 268 valence electrons. The lowest BCUT2D eigenvalue weighted by atomic mass is 9.93. The predicted molar refractivity (Wildman–Crippen MR) is 230 cm³/mol. The van der Waals surface area contributed by atoms with Crippen LogP contribution in [-0.4, -0.2) is 9.82 Å². The second kappa shape index (κ2) is 14.6. The van der Waals surface area contributed by atoms with Crippen molar-refractivity contribution in [2.75, 3.05) is 4.90 Å². The van der Waals surface area contributed by atoms with Gasteiger partial charge in [0.1, 0.15) is 0 Å². The molecule has 6 aliphatic carbocycles. The number of nitrogens with zero attached hydrogens (tertiary/aromatic N) is 2. The maximum absolute atomic E-state index is 2.64. The monoisotopic (exact) mass is 712 g/mol. The molecule has 2 aromatic carbocycles. The van der Waals surface area contributed by atoms with E-state index in [9.17, 15) is 0 Å². The minimum atomic E-state index is -1.71. The maximum atomic E-state index is 2.64. The van der Waals surface area contributed by atoms with Crippen LogP contribution in [0.5, 0.6) is 0 Å². The van der Waals surface area contributed by atoms with E-state index in [4.69, 9.17) is 0 Å². The molecule has 3 heteroatoms. The smallest absolute Gasteiger partial charge is 0.0505 e. The summed E-state index contributed by atoms with van der Waals surface area (Å²) in [4.78, 5) is 7.34. The molecule has 6 aliphatic rings. The Morgan fingerprint density at radius 3 is 2.25 bits per heavy atom. The Kier molecular flexibility index (Phi) is 9.38. The van der Waals surface area contributed by atoms with Gasteiger partial charge in [-0.2, -0.15) is 10.0 Å². The van der Waals surface area contributed by atoms with Crippen molar-refractivity contribution in [2.24, 2.45) is 5.92 Å². The molecular weight excluding hydrogens is 661 g/mol. The molecule has 1 aromatic heterocycles. The molecule has 4 atom stereocenters. The first-order valence-electron chi connectivity index (χ1n) is 20.0. The number of aromatic nitrogens is 1. The van der Waals surface area contributed by atoms with Crippen LogP contribution in [0, 0.1) is 5.92 Å². The summed E-state index contributed by atoms with van der Waals surface area (Å²) in [5.41, 5.74) is 8.15. The minimum absolute atomic E-state index is 0.365. The lowest BCUT2D eigenvalue weighted by Crippen LogP contribution is -2.38. The molecule has 0 saturated carbocycles. The number of para-hydroxylation sites is 1. The van der Waals surface area contributed by atoms with Crippen molar-refractivity contribution in [3.05, 3.63) is 178 Å². The topological polar surface area (TPSA) is 8.17 Å². The fourth-order valence-electron chi connectivity index (χ4n) is 9.68. The fourth-order valence-corrected chi connectivity index (χ4v) is 14.9. The van der Waals surface area contributed by atoms with E-state index in [1.54, 1.807) is 9.81 Å². The molecule has 9 rings (SSSR count). The largest absolute Gasteiger partial charge is 0.315 e. The third-order valence-electron chi connectivity index (χ3n) is 12.0. The van der Waals surface area contributed by atoms with Crippen molar-refractivity contribution in [3.63, 3.8) is 0 Å². The number of benzene rings is 2. The number of rotatable bonds is 8. The van der Waals surface area contributed by atoms with Crippen LogP contribution in [0.2, 0.25) is 0 Å². The summed E-state index contributed by atoms with van der Waals surface area (Å²) in [6, 6.07) is 21.2. The molecule has 4 unspecified atom stereocenters. The van der Waals surface area contributed by atoms with E-state index < -0.39 is 10.0 Å². The van der Waals surface area contributed by atoms with Crippen LogP contribution in [-0.2, 0) is 0 Å². The predicted octanol–water partition coefficient (Wildman–Crippen LogP) is 12.2. The van der Waals surface area contributed by atoms with Gasteiger partial charge in [-0.1, -0.05) is 117 Å². The van der Waals surface area contributed by atoms with Gasteiger partial charge < -0.3 is 9.47 Å². The first kappa shape index (κ1) is 34.1. The van der Waals surface area contributed by atoms with Crippen molar-refractivity contribution >= 4 is 32.8 Å². The normalized spacial score (nSPS) is 24.7. The fraction of sp³-hybridized carbons (Fsp3) is 0.280. The van der Waals surface area contributed by atoms with Gasteiger partial charge in [0.05, 0.1) is 5.35 Å². The third-order valence-corrected chi connectivity index (χ3v) is 16.8. The number of fused-ring (bicyclic) bond motifs is 3. The average molecular weight is 713 g/mol. The van der Waals surface area contributed by atoms with Gasteiger partial charge in [0.2, 0.25) is 0 Å². The Morgan fingerprint density at radius 1 is 0.698 bits per heavy atom. The van der Waals surface area contributed by atoms with E-state index in [0.717, 1.165) is 57.8 Å². The summed E-state index contributed by atoms with van der Waals surface area (Å²) >= 11 is 0. The Bertz CT molecular complexity index is 2300. The summed E-state index contributed by atoms with van der Waals surface area (Å²) < 4.78 is 2.64. The van der Waals surface area contributed by atoms with Gasteiger partial charge in [0.15, 0.2) is 0 Å². The Labute approximate surface area is 318 Å². The highest BCUT2D eigenvalue weighted by molar-refractivity contribution is 8.44. The van der Waals surface area contributed by atoms with Gasteiger partial charge in [-0.3, -0.25) is 0 Å². The summed E-state index contributed by atoms with van der Waals surface area (Å²) in [6.07, 6.45) is 48.1. The number of hydrogen-bond acceptors (Lipinski definition) is 1. The number of hydrogen-bond donors (Lipinski definition) is 0. The Balaban J connectivity index is 1.34. The first-order valence-corrected chi connectivity index (χ1v) is 21.7. The number of anilines is 1. The molecule has 3 aromatic rings. The van der Waals surface area contributed by atoms with Gasteiger partial charge in [-0.05, 0) is 127 Å². The van der Waals surface area contributed by atoms with E-state index in [1.165, 1.54) is 49.5 Å². The number of allylic oxidation sites excluding steroid dienone is 15. The zero-order chi connectivity index (χ0) is 35.8. The highest BCUT2D eigenvalue weighted by Gasteiger charge is 2.44. The standard InChI is InChI=1S/C50H52N2S/c1-37-19-15-16-31-47(37)53(43-27-13-6-14-28-43,44-35-33-42(34-36-44)51(39-21-7-3-8-22-39)40-23-9-4-10-24-40)48-32-18-30-46-49(48)45-29-17-20-38(2)50(45)52(46)41-25-11-5-12-26-41/h3,5-7,9,11-13,15-17,19,21,23-27,29-31,33-38,47H,4,8,10,14,18,20,22,28,32H2,1-2H3. The quantitative estimate of drug-likeness (QED) is 0.226. The molecule has 0 radical (unpaired) electrons. The van der Waals surface area contributed by atoms with Crippen molar-refractivity contribution in [1.82, 2.24) is 4.57 Å². The maximum Gasteiger partial charge on any atom is 0.0505 e. The van der Waals surface area contributed by atoms with E-state index >= 15 is 0 Å². The molecule has 0 aliphatic heterocycles. The van der Waals surface area contributed by atoms with Crippen LogP contribution in [0.3, 0.4) is 0 Å². The molecule has 0 amide bonds. The molecule has 1 heterocycles. The third kappa shape index (κ3) is 5.89. The van der Waals surface area contributed by atoms with E-state index in [2.05, 4.69) is 175 Å². The molecule has 0 saturated heterocycles. The van der Waals surface area contributed by atoms with Crippen molar-refractivity contribution in [1.29, 1.82) is 0 Å². The van der Waals surface area contributed by atoms with Crippen LogP contribution in [0.15, 0.2) is 161 Å². The van der Waals surface area contributed by atoms with Gasteiger partial charge >= 0.3 is 0 Å². The lowest BCUT2D eigenvalue weighted by molar-refractivity contribution is 0.712. The van der Waals surface area contributed by atoms with Crippen LogP contribution in [0.4, 0.5) is 5.69 Å². The van der Waals surface area contributed by atoms with Crippen LogP contribution < -0.4 is 15.5 Å². The van der Waals surface area contributed by atoms with E-state index in [1.807, 2.05) is 0 Å². The van der Waals surface area contributed by atoms with Gasteiger partial charge in [-0.25, -0.2) is 0 Å². The Morgan fingerprint density at radius 2 is 1.51 bits per heavy atom. The van der Waals surface area contributed by atoms with Crippen LogP contribution >= 0.6 is 10.0 Å². The summed E-state index contributed by atoms with van der Waals surface area (Å²) in [5, 5.41) is 3.29. The summed E-state index contributed by atoms with van der Waals surface area (Å²) in [6.45, 7) is 4.90. The zero-order valence-corrected chi connectivity index (χ0v) is 32.1. The van der Waals surface area contributed by atoms with Crippen molar-refractivity contribution < 1.29 is 0 Å². The molecular formula is C50H52N2S. The van der Waals surface area contributed by atoms with Crippen molar-refractivity contribution in [2.45, 2.75) is 87.7 Å². The van der Waals surface area contributed by atoms with E-state index in [0.29, 0.717) is 17.1 Å². The molecule has 0 spiro atoms. The summed E-state index contributed by atoms with van der Waals surface area (Å²) in [7, 11) is -1.71. The van der Waals surface area contributed by atoms with Crippen LogP contribution in [0.25, 0.3) is 22.7 Å². The highest BCUT2D eigenvalue weighted by atomic mass is 32.3.